The summed E-state index contributed by atoms with van der Waals surface area (Å²) < 4.78 is 18.6. The third-order valence-corrected chi connectivity index (χ3v) is 5.72. The molecule has 6 nitrogen and oxygen atoms in total. The van der Waals surface area contributed by atoms with E-state index in [0.29, 0.717) is 44.8 Å². The Bertz CT molecular complexity index is 890. The van der Waals surface area contributed by atoms with Crippen LogP contribution in [0.3, 0.4) is 0 Å². The van der Waals surface area contributed by atoms with Crippen LogP contribution in [0, 0.1) is 5.82 Å². The van der Waals surface area contributed by atoms with Crippen molar-refractivity contribution in [1.29, 1.82) is 0 Å². The van der Waals surface area contributed by atoms with Crippen molar-refractivity contribution in [2.24, 2.45) is 0 Å². The summed E-state index contributed by atoms with van der Waals surface area (Å²) in [5.74, 6) is 0.299. The number of rotatable bonds is 7. The number of hydrogen-bond acceptors (Lipinski definition) is 3. The summed E-state index contributed by atoms with van der Waals surface area (Å²) >= 11 is 0. The Morgan fingerprint density at radius 3 is 2.50 bits per heavy atom. The largest absolute Gasteiger partial charge is 0.494 e. The number of piperazine rings is 1. The molecule has 0 radical (unpaired) electrons. The van der Waals surface area contributed by atoms with E-state index in [2.05, 4.69) is 0 Å². The number of carbonyl (C=O) groups is 2. The molecule has 158 valence electrons. The van der Waals surface area contributed by atoms with Gasteiger partial charge in [0.1, 0.15) is 17.6 Å². The molecular weight excluding hydrogens is 385 g/mol. The lowest BCUT2D eigenvalue weighted by atomic mass is 9.99. The highest BCUT2D eigenvalue weighted by molar-refractivity contribution is 5.90. The van der Waals surface area contributed by atoms with E-state index in [9.17, 15) is 14.0 Å². The number of amides is 3. The molecule has 0 unspecified atom stereocenters. The zero-order chi connectivity index (χ0) is 21.1. The monoisotopic (exact) mass is 411 g/mol. The number of hydrogen-bond donors (Lipinski definition) is 0. The van der Waals surface area contributed by atoms with E-state index in [0.717, 1.165) is 5.56 Å². The SMILES string of the molecule is CN1C[C@@H]2CN(CCCOc3ccc(F)cc3)C(=O)N2[C@@H](Cc2ccccc2)C1=O. The third kappa shape index (κ3) is 4.25. The van der Waals surface area contributed by atoms with Crippen molar-refractivity contribution < 1.29 is 18.7 Å². The maximum absolute atomic E-state index is 13.1. The maximum Gasteiger partial charge on any atom is 0.321 e. The van der Waals surface area contributed by atoms with Gasteiger partial charge in [-0.1, -0.05) is 30.3 Å². The van der Waals surface area contributed by atoms with Gasteiger partial charge in [0.2, 0.25) is 5.91 Å². The fourth-order valence-corrected chi connectivity index (χ4v) is 4.24. The van der Waals surface area contributed by atoms with E-state index in [1.807, 2.05) is 35.2 Å². The van der Waals surface area contributed by atoms with E-state index in [4.69, 9.17) is 4.74 Å². The molecule has 2 aliphatic rings. The molecule has 30 heavy (non-hydrogen) atoms. The van der Waals surface area contributed by atoms with Crippen LogP contribution in [-0.4, -0.2) is 72.0 Å². The zero-order valence-corrected chi connectivity index (χ0v) is 17.0. The second-order valence-corrected chi connectivity index (χ2v) is 7.87. The first-order valence-electron chi connectivity index (χ1n) is 10.3. The molecule has 0 spiro atoms. The fraction of sp³-hybridized carbons (Fsp3) is 0.391. The Morgan fingerprint density at radius 1 is 1.03 bits per heavy atom. The highest BCUT2D eigenvalue weighted by atomic mass is 19.1. The lowest BCUT2D eigenvalue weighted by Gasteiger charge is -2.40. The van der Waals surface area contributed by atoms with E-state index < -0.39 is 6.04 Å². The Labute approximate surface area is 175 Å². The van der Waals surface area contributed by atoms with Gasteiger partial charge in [0.15, 0.2) is 0 Å². The summed E-state index contributed by atoms with van der Waals surface area (Å²) in [4.78, 5) is 31.2. The van der Waals surface area contributed by atoms with Gasteiger partial charge in [-0.15, -0.1) is 0 Å². The standard InChI is InChI=1S/C23H26FN3O3/c1-25-15-19-16-26(12-5-13-30-20-10-8-18(24)9-11-20)23(29)27(19)21(22(25)28)14-17-6-3-2-4-7-17/h2-4,6-11,19,21H,5,12-16H2,1H3/t19-,21+/m1/s1. The minimum atomic E-state index is -0.468. The molecule has 0 aliphatic carbocycles. The number of benzene rings is 2. The fourth-order valence-electron chi connectivity index (χ4n) is 4.24. The van der Waals surface area contributed by atoms with Crippen LogP contribution in [0.2, 0.25) is 0 Å². The summed E-state index contributed by atoms with van der Waals surface area (Å²) in [6, 6.07) is 15.2. The number of likely N-dealkylation sites (N-methyl/N-ethyl adjacent to an activating group) is 1. The number of fused-ring (bicyclic) bond motifs is 1. The second-order valence-electron chi connectivity index (χ2n) is 7.87. The number of urea groups is 1. The maximum atomic E-state index is 13.1. The van der Waals surface area contributed by atoms with Crippen molar-refractivity contribution in [2.45, 2.75) is 24.9 Å². The second kappa shape index (κ2) is 8.73. The lowest BCUT2D eigenvalue weighted by Crippen LogP contribution is -2.60. The third-order valence-electron chi connectivity index (χ3n) is 5.72. The van der Waals surface area contributed by atoms with Gasteiger partial charge >= 0.3 is 6.03 Å². The first-order chi connectivity index (χ1) is 14.5. The Morgan fingerprint density at radius 2 is 1.77 bits per heavy atom. The Kier molecular flexibility index (Phi) is 5.88. The van der Waals surface area contributed by atoms with E-state index in [1.165, 1.54) is 12.1 Å². The molecule has 0 saturated carbocycles. The highest BCUT2D eigenvalue weighted by Crippen LogP contribution is 2.27. The Balaban J connectivity index is 1.36. The van der Waals surface area contributed by atoms with Crippen molar-refractivity contribution in [3.63, 3.8) is 0 Å². The van der Waals surface area contributed by atoms with Crippen LogP contribution in [0.4, 0.5) is 9.18 Å². The quantitative estimate of drug-likeness (QED) is 0.659. The van der Waals surface area contributed by atoms with Crippen LogP contribution in [0.25, 0.3) is 0 Å². The van der Waals surface area contributed by atoms with Gasteiger partial charge in [-0.3, -0.25) is 4.79 Å². The predicted octanol–water partition coefficient (Wildman–Crippen LogP) is 2.78. The molecule has 2 saturated heterocycles. The number of nitrogens with zero attached hydrogens (tertiary/aromatic N) is 3. The molecule has 2 aliphatic heterocycles. The van der Waals surface area contributed by atoms with Gasteiger partial charge in [-0.25, -0.2) is 9.18 Å². The van der Waals surface area contributed by atoms with Crippen LogP contribution >= 0.6 is 0 Å². The summed E-state index contributed by atoms with van der Waals surface area (Å²) in [7, 11) is 1.81. The first-order valence-corrected chi connectivity index (χ1v) is 10.3. The van der Waals surface area contributed by atoms with Crippen molar-refractivity contribution >= 4 is 11.9 Å². The van der Waals surface area contributed by atoms with Crippen LogP contribution < -0.4 is 4.74 Å². The molecule has 2 fully saturated rings. The molecule has 0 bridgehead atoms. The van der Waals surface area contributed by atoms with Gasteiger partial charge in [0, 0.05) is 33.1 Å². The average Bonchev–Trinajstić information content (AvgIpc) is 3.06. The van der Waals surface area contributed by atoms with Crippen LogP contribution in [0.1, 0.15) is 12.0 Å². The summed E-state index contributed by atoms with van der Waals surface area (Å²) in [6.45, 7) is 2.16. The first kappa shape index (κ1) is 20.2. The molecule has 0 aromatic heterocycles. The summed E-state index contributed by atoms with van der Waals surface area (Å²) in [5.41, 5.74) is 1.05. The van der Waals surface area contributed by atoms with Crippen molar-refractivity contribution in [3.8, 4) is 5.75 Å². The smallest absolute Gasteiger partial charge is 0.321 e. The van der Waals surface area contributed by atoms with Crippen molar-refractivity contribution in [2.75, 3.05) is 33.3 Å². The topological polar surface area (TPSA) is 53.1 Å². The van der Waals surface area contributed by atoms with Crippen LogP contribution in [0.15, 0.2) is 54.6 Å². The minimum absolute atomic E-state index is 0.00642. The van der Waals surface area contributed by atoms with Gasteiger partial charge in [-0.2, -0.15) is 0 Å². The molecule has 2 atom stereocenters. The minimum Gasteiger partial charge on any atom is -0.494 e. The summed E-state index contributed by atoms with van der Waals surface area (Å²) in [6.07, 6.45) is 1.19. The van der Waals surface area contributed by atoms with Crippen LogP contribution in [-0.2, 0) is 11.2 Å². The number of halogens is 1. The van der Waals surface area contributed by atoms with E-state index in [1.54, 1.807) is 29.0 Å². The van der Waals surface area contributed by atoms with Gasteiger partial charge in [0.05, 0.1) is 12.6 Å². The Hall–Kier alpha value is -3.09. The highest BCUT2D eigenvalue weighted by Gasteiger charge is 2.48. The zero-order valence-electron chi connectivity index (χ0n) is 17.0. The number of ether oxygens (including phenoxy) is 1. The predicted molar refractivity (Wildman–Crippen MR) is 111 cm³/mol. The molecule has 4 rings (SSSR count). The van der Waals surface area contributed by atoms with Crippen LogP contribution in [0.5, 0.6) is 5.75 Å². The lowest BCUT2D eigenvalue weighted by molar-refractivity contribution is -0.139. The molecule has 7 heteroatoms. The molecule has 2 aromatic carbocycles. The average molecular weight is 411 g/mol. The van der Waals surface area contributed by atoms with Gasteiger partial charge in [0.25, 0.3) is 0 Å². The molecule has 2 aromatic rings. The molecule has 0 N–H and O–H groups in total. The van der Waals surface area contributed by atoms with Gasteiger partial charge < -0.3 is 19.4 Å². The van der Waals surface area contributed by atoms with Gasteiger partial charge in [-0.05, 0) is 36.2 Å². The van der Waals surface area contributed by atoms with Crippen molar-refractivity contribution in [3.05, 3.63) is 66.0 Å². The normalized spacial score (nSPS) is 21.2. The van der Waals surface area contributed by atoms with E-state index in [-0.39, 0.29) is 23.8 Å². The molecule has 2 heterocycles. The van der Waals surface area contributed by atoms with Crippen molar-refractivity contribution in [1.82, 2.24) is 14.7 Å². The summed E-state index contributed by atoms with van der Waals surface area (Å²) in [5, 5.41) is 0. The molecular formula is C23H26FN3O3. The molecule has 3 amide bonds. The van der Waals surface area contributed by atoms with E-state index >= 15 is 0 Å². The number of carbonyl (C=O) groups excluding carboxylic acids is 2.